The van der Waals surface area contributed by atoms with Gasteiger partial charge < -0.3 is 5.32 Å². The van der Waals surface area contributed by atoms with Crippen molar-refractivity contribution >= 4 is 0 Å². The zero-order chi connectivity index (χ0) is 13.8. The highest BCUT2D eigenvalue weighted by molar-refractivity contribution is 5.68. The van der Waals surface area contributed by atoms with Gasteiger partial charge in [0.2, 0.25) is 0 Å². The van der Waals surface area contributed by atoms with Crippen LogP contribution in [-0.4, -0.2) is 16.3 Å². The molecule has 0 bridgehead atoms. The number of benzene rings is 1. The van der Waals surface area contributed by atoms with E-state index in [-0.39, 0.29) is 0 Å². The van der Waals surface area contributed by atoms with Crippen molar-refractivity contribution in [2.75, 3.05) is 6.54 Å². The van der Waals surface area contributed by atoms with Gasteiger partial charge in [-0.2, -0.15) is 5.10 Å². The molecule has 3 heteroatoms. The molecule has 1 heterocycles. The zero-order valence-corrected chi connectivity index (χ0v) is 12.3. The largest absolute Gasteiger partial charge is 0.313 e. The molecule has 19 heavy (non-hydrogen) atoms. The summed E-state index contributed by atoms with van der Waals surface area (Å²) in [5, 5.41) is 7.90. The van der Waals surface area contributed by atoms with Crippen molar-refractivity contribution in [3.8, 4) is 11.1 Å². The van der Waals surface area contributed by atoms with Crippen LogP contribution in [0.15, 0.2) is 24.3 Å². The quantitative estimate of drug-likeness (QED) is 0.834. The van der Waals surface area contributed by atoms with E-state index < -0.39 is 0 Å². The molecule has 0 aliphatic heterocycles. The van der Waals surface area contributed by atoms with Crippen LogP contribution in [0.25, 0.3) is 11.1 Å². The summed E-state index contributed by atoms with van der Waals surface area (Å²) in [6.07, 6.45) is 1.17. The first-order valence-electron chi connectivity index (χ1n) is 6.93. The van der Waals surface area contributed by atoms with Crippen LogP contribution in [0.3, 0.4) is 0 Å². The van der Waals surface area contributed by atoms with Crippen molar-refractivity contribution in [3.05, 3.63) is 41.2 Å². The number of hydrogen-bond acceptors (Lipinski definition) is 2. The lowest BCUT2D eigenvalue weighted by atomic mass is 10.0. The van der Waals surface area contributed by atoms with Crippen molar-refractivity contribution in [1.29, 1.82) is 0 Å². The highest BCUT2D eigenvalue weighted by Crippen LogP contribution is 2.26. The van der Waals surface area contributed by atoms with Gasteiger partial charge >= 0.3 is 0 Å². The van der Waals surface area contributed by atoms with Gasteiger partial charge in [0.15, 0.2) is 0 Å². The average Bonchev–Trinajstić information content (AvgIpc) is 2.65. The van der Waals surface area contributed by atoms with E-state index >= 15 is 0 Å². The number of nitrogens with zero attached hydrogens (tertiary/aromatic N) is 2. The van der Waals surface area contributed by atoms with Gasteiger partial charge in [-0.25, -0.2) is 0 Å². The minimum absolute atomic E-state index is 0.944. The van der Waals surface area contributed by atoms with Gasteiger partial charge in [-0.15, -0.1) is 0 Å². The molecule has 0 atom stereocenters. The fraction of sp³-hybridized carbons (Fsp3) is 0.438. The predicted molar refractivity (Wildman–Crippen MR) is 80.1 cm³/mol. The van der Waals surface area contributed by atoms with E-state index in [0.717, 1.165) is 18.8 Å². The van der Waals surface area contributed by atoms with Gasteiger partial charge in [0.25, 0.3) is 0 Å². The molecule has 0 radical (unpaired) electrons. The molecule has 1 aromatic heterocycles. The average molecular weight is 257 g/mol. The van der Waals surface area contributed by atoms with E-state index in [1.54, 1.807) is 0 Å². The van der Waals surface area contributed by atoms with Gasteiger partial charge in [0, 0.05) is 24.8 Å². The lowest BCUT2D eigenvalue weighted by molar-refractivity contribution is 0.675. The summed E-state index contributed by atoms with van der Waals surface area (Å²) in [5.74, 6) is 0. The molecule has 0 fully saturated rings. The lowest BCUT2D eigenvalue weighted by Crippen LogP contribution is -2.13. The van der Waals surface area contributed by atoms with E-state index in [0.29, 0.717) is 0 Å². The van der Waals surface area contributed by atoms with Crippen LogP contribution in [0.2, 0.25) is 0 Å². The molecule has 1 N–H and O–H groups in total. The minimum Gasteiger partial charge on any atom is -0.313 e. The van der Waals surface area contributed by atoms with Gasteiger partial charge in [0.1, 0.15) is 0 Å². The van der Waals surface area contributed by atoms with Crippen molar-refractivity contribution in [2.45, 2.75) is 33.7 Å². The summed E-state index contributed by atoms with van der Waals surface area (Å²) in [5.41, 5.74) is 6.15. The van der Waals surface area contributed by atoms with Crippen molar-refractivity contribution < 1.29 is 0 Å². The molecule has 2 rings (SSSR count). The zero-order valence-electron chi connectivity index (χ0n) is 12.3. The van der Waals surface area contributed by atoms with Crippen LogP contribution >= 0.6 is 0 Å². The maximum atomic E-state index is 4.47. The summed E-state index contributed by atoms with van der Waals surface area (Å²) in [7, 11) is 1.99. The monoisotopic (exact) mass is 257 g/mol. The molecular weight excluding hydrogens is 234 g/mol. The first-order chi connectivity index (χ1) is 9.13. The number of aromatic nitrogens is 2. The van der Waals surface area contributed by atoms with Crippen molar-refractivity contribution in [1.82, 2.24) is 15.1 Å². The van der Waals surface area contributed by atoms with Crippen LogP contribution in [0, 0.1) is 13.8 Å². The molecule has 1 aromatic carbocycles. The first-order valence-corrected chi connectivity index (χ1v) is 6.93. The van der Waals surface area contributed by atoms with Gasteiger partial charge in [-0.1, -0.05) is 31.2 Å². The molecule has 0 aliphatic rings. The van der Waals surface area contributed by atoms with E-state index in [1.807, 2.05) is 11.7 Å². The maximum Gasteiger partial charge on any atom is 0.0674 e. The van der Waals surface area contributed by atoms with E-state index in [4.69, 9.17) is 0 Å². The SMILES string of the molecule is CCCNCc1ccc(-c2c(C)nn(C)c2C)cc1. The lowest BCUT2D eigenvalue weighted by Gasteiger charge is -2.06. The third kappa shape index (κ3) is 3.04. The number of nitrogens with one attached hydrogen (secondary N) is 1. The van der Waals surface area contributed by atoms with E-state index in [2.05, 4.69) is 55.5 Å². The fourth-order valence-corrected chi connectivity index (χ4v) is 2.39. The third-order valence-electron chi connectivity index (χ3n) is 3.51. The van der Waals surface area contributed by atoms with Crippen LogP contribution in [0.1, 0.15) is 30.3 Å². The van der Waals surface area contributed by atoms with Crippen LogP contribution in [0.5, 0.6) is 0 Å². The van der Waals surface area contributed by atoms with Crippen LogP contribution < -0.4 is 5.32 Å². The highest BCUT2D eigenvalue weighted by atomic mass is 15.3. The normalized spacial score (nSPS) is 10.9. The Morgan fingerprint density at radius 3 is 2.37 bits per heavy atom. The molecule has 0 amide bonds. The fourth-order valence-electron chi connectivity index (χ4n) is 2.39. The second-order valence-corrected chi connectivity index (χ2v) is 5.04. The Morgan fingerprint density at radius 1 is 1.16 bits per heavy atom. The highest BCUT2D eigenvalue weighted by Gasteiger charge is 2.10. The molecule has 3 nitrogen and oxygen atoms in total. The minimum atomic E-state index is 0.944. The Morgan fingerprint density at radius 2 is 1.84 bits per heavy atom. The Balaban J connectivity index is 2.18. The first kappa shape index (κ1) is 13.8. The summed E-state index contributed by atoms with van der Waals surface area (Å²) in [4.78, 5) is 0. The molecular formula is C16H23N3. The second-order valence-electron chi connectivity index (χ2n) is 5.04. The molecule has 102 valence electrons. The smallest absolute Gasteiger partial charge is 0.0674 e. The Hall–Kier alpha value is -1.61. The molecule has 0 saturated heterocycles. The molecule has 0 spiro atoms. The van der Waals surface area contributed by atoms with Crippen LogP contribution in [-0.2, 0) is 13.6 Å². The van der Waals surface area contributed by atoms with Crippen LogP contribution in [0.4, 0.5) is 0 Å². The summed E-state index contributed by atoms with van der Waals surface area (Å²) in [6.45, 7) is 8.39. The predicted octanol–water partition coefficient (Wildman–Crippen LogP) is 3.20. The number of aryl methyl sites for hydroxylation is 2. The number of rotatable bonds is 5. The molecule has 0 saturated carbocycles. The Labute approximate surface area is 115 Å². The van der Waals surface area contributed by atoms with Gasteiger partial charge in [0.05, 0.1) is 5.69 Å². The topological polar surface area (TPSA) is 29.9 Å². The molecule has 0 unspecified atom stereocenters. The molecule has 0 aliphatic carbocycles. The summed E-state index contributed by atoms with van der Waals surface area (Å²) < 4.78 is 1.95. The second kappa shape index (κ2) is 6.02. The summed E-state index contributed by atoms with van der Waals surface area (Å²) >= 11 is 0. The maximum absolute atomic E-state index is 4.47. The van der Waals surface area contributed by atoms with Gasteiger partial charge in [-0.3, -0.25) is 4.68 Å². The van der Waals surface area contributed by atoms with Crippen molar-refractivity contribution in [2.24, 2.45) is 7.05 Å². The van der Waals surface area contributed by atoms with E-state index in [1.165, 1.54) is 28.8 Å². The summed E-state index contributed by atoms with van der Waals surface area (Å²) in [6, 6.07) is 8.79. The Kier molecular flexibility index (Phi) is 4.38. The standard InChI is InChI=1S/C16H23N3/c1-5-10-17-11-14-6-8-15(9-7-14)16-12(2)18-19(4)13(16)3/h6-9,17H,5,10-11H2,1-4H3. The van der Waals surface area contributed by atoms with E-state index in [9.17, 15) is 0 Å². The van der Waals surface area contributed by atoms with Crippen molar-refractivity contribution in [3.63, 3.8) is 0 Å². The van der Waals surface area contributed by atoms with Gasteiger partial charge in [-0.05, 0) is 37.9 Å². The Bertz CT molecular complexity index is 538. The number of hydrogen-bond donors (Lipinski definition) is 1. The third-order valence-corrected chi connectivity index (χ3v) is 3.51. The molecule has 2 aromatic rings.